The molecule has 1 amide bonds. The Labute approximate surface area is 194 Å². The minimum atomic E-state index is -0.832. The van der Waals surface area contributed by atoms with Crippen LogP contribution in [0.5, 0.6) is 0 Å². The van der Waals surface area contributed by atoms with Gasteiger partial charge in [0.05, 0.1) is 12.1 Å². The third kappa shape index (κ3) is 5.03. The van der Waals surface area contributed by atoms with Gasteiger partial charge in [-0.25, -0.2) is 0 Å². The zero-order chi connectivity index (χ0) is 22.9. The maximum atomic E-state index is 13.2. The maximum Gasteiger partial charge on any atom is 0.239 e. The highest BCUT2D eigenvalue weighted by Gasteiger charge is 2.39. The zero-order valence-corrected chi connectivity index (χ0v) is 18.4. The Balaban J connectivity index is 1.75. The Hall–Kier alpha value is -3.73. The first-order valence-electron chi connectivity index (χ1n) is 11.1. The van der Waals surface area contributed by atoms with E-state index in [4.69, 9.17) is 0 Å². The second kappa shape index (κ2) is 10.7. The highest BCUT2D eigenvalue weighted by Crippen LogP contribution is 2.37. The number of carbonyl (C=O) groups is 1. The van der Waals surface area contributed by atoms with E-state index in [0.717, 1.165) is 22.3 Å². The van der Waals surface area contributed by atoms with E-state index in [-0.39, 0.29) is 12.5 Å². The van der Waals surface area contributed by atoms with Crippen LogP contribution in [0.4, 0.5) is 0 Å². The molecule has 0 fully saturated rings. The molecule has 0 aliphatic carbocycles. The molecule has 0 saturated heterocycles. The smallest absolute Gasteiger partial charge is 0.239 e. The second-order valence-corrected chi connectivity index (χ2v) is 7.93. The molecule has 3 N–H and O–H groups in total. The summed E-state index contributed by atoms with van der Waals surface area (Å²) in [7, 11) is 0. The molecule has 4 aromatic rings. The van der Waals surface area contributed by atoms with E-state index in [0.29, 0.717) is 6.54 Å². The van der Waals surface area contributed by atoms with E-state index in [9.17, 15) is 9.90 Å². The molecule has 33 heavy (non-hydrogen) atoms. The van der Waals surface area contributed by atoms with Crippen molar-refractivity contribution in [2.45, 2.75) is 18.1 Å². The predicted octanol–water partition coefficient (Wildman–Crippen LogP) is 4.25. The van der Waals surface area contributed by atoms with Crippen LogP contribution in [0.25, 0.3) is 0 Å². The molecule has 0 aliphatic rings. The normalized spacial score (nSPS) is 12.2. The Bertz CT molecular complexity index is 1040. The summed E-state index contributed by atoms with van der Waals surface area (Å²) in [6.45, 7) is 0.0573. The molecule has 0 saturated carbocycles. The van der Waals surface area contributed by atoms with Crippen LogP contribution in [0.1, 0.15) is 22.3 Å². The van der Waals surface area contributed by atoms with Gasteiger partial charge in [-0.05, 0) is 22.3 Å². The average Bonchev–Trinajstić information content (AvgIpc) is 2.90. The summed E-state index contributed by atoms with van der Waals surface area (Å²) in [4.78, 5) is 13.2. The summed E-state index contributed by atoms with van der Waals surface area (Å²) in [6.07, 6.45) is 0. The van der Waals surface area contributed by atoms with Gasteiger partial charge in [-0.2, -0.15) is 0 Å². The van der Waals surface area contributed by atoms with Crippen LogP contribution in [0.15, 0.2) is 121 Å². The van der Waals surface area contributed by atoms with E-state index in [2.05, 4.69) is 10.6 Å². The number of amides is 1. The van der Waals surface area contributed by atoms with E-state index < -0.39 is 11.6 Å². The van der Waals surface area contributed by atoms with Gasteiger partial charge in [0.15, 0.2) is 0 Å². The number of aliphatic hydroxyl groups excluding tert-OH is 1. The summed E-state index contributed by atoms with van der Waals surface area (Å²) in [5.41, 5.74) is 3.12. The summed E-state index contributed by atoms with van der Waals surface area (Å²) >= 11 is 0. The lowest BCUT2D eigenvalue weighted by Crippen LogP contribution is -2.56. The second-order valence-electron chi connectivity index (χ2n) is 7.93. The van der Waals surface area contributed by atoms with Gasteiger partial charge < -0.3 is 10.4 Å². The van der Waals surface area contributed by atoms with Crippen molar-refractivity contribution in [3.05, 3.63) is 144 Å². The summed E-state index contributed by atoms with van der Waals surface area (Å²) in [6, 6.07) is 39.0. The number of nitrogens with one attached hydrogen (secondary N) is 2. The van der Waals surface area contributed by atoms with Crippen LogP contribution in [0.2, 0.25) is 0 Å². The molecular weight excluding hydrogens is 408 g/mol. The van der Waals surface area contributed by atoms with Crippen LogP contribution in [-0.4, -0.2) is 23.7 Å². The summed E-state index contributed by atoms with van der Waals surface area (Å²) in [5, 5.41) is 16.8. The first-order valence-corrected chi connectivity index (χ1v) is 11.1. The molecule has 0 heterocycles. The van der Waals surface area contributed by atoms with Crippen LogP contribution in [0.3, 0.4) is 0 Å². The minimum absolute atomic E-state index is 0.256. The highest BCUT2D eigenvalue weighted by atomic mass is 16.3. The Morgan fingerprint density at radius 1 is 0.667 bits per heavy atom. The van der Waals surface area contributed by atoms with E-state index >= 15 is 0 Å². The van der Waals surface area contributed by atoms with Gasteiger partial charge >= 0.3 is 0 Å². The molecule has 4 aromatic carbocycles. The van der Waals surface area contributed by atoms with Gasteiger partial charge in [0, 0.05) is 6.54 Å². The molecule has 4 rings (SSSR count). The van der Waals surface area contributed by atoms with Crippen molar-refractivity contribution in [1.82, 2.24) is 10.6 Å². The quantitative estimate of drug-likeness (QED) is 0.344. The fourth-order valence-corrected chi connectivity index (χ4v) is 4.18. The number of hydrogen-bond donors (Lipinski definition) is 3. The molecule has 0 aromatic heterocycles. The third-order valence-corrected chi connectivity index (χ3v) is 5.82. The summed E-state index contributed by atoms with van der Waals surface area (Å²) < 4.78 is 0. The van der Waals surface area contributed by atoms with Crippen molar-refractivity contribution < 1.29 is 9.90 Å². The van der Waals surface area contributed by atoms with Crippen molar-refractivity contribution in [2.75, 3.05) is 6.61 Å². The van der Waals surface area contributed by atoms with Gasteiger partial charge in [0.25, 0.3) is 0 Å². The summed E-state index contributed by atoms with van der Waals surface area (Å²) in [5.74, 6) is -0.256. The topological polar surface area (TPSA) is 61.4 Å². The first-order chi connectivity index (χ1) is 16.2. The molecule has 4 nitrogen and oxygen atoms in total. The van der Waals surface area contributed by atoms with Crippen LogP contribution < -0.4 is 10.6 Å². The van der Waals surface area contributed by atoms with Gasteiger partial charge in [-0.3, -0.25) is 10.1 Å². The average molecular weight is 437 g/mol. The van der Waals surface area contributed by atoms with Gasteiger partial charge in [-0.1, -0.05) is 121 Å². The predicted molar refractivity (Wildman–Crippen MR) is 132 cm³/mol. The standard InChI is InChI=1S/C29H28N2O2/c32-22-27(28(33)30-21-23-13-5-1-6-14-23)31-29(24-15-7-2-8-16-24,25-17-9-3-10-18-25)26-19-11-4-12-20-26/h1-20,27,31-32H,21-22H2,(H,30,33)/t27-/m1/s1. The molecule has 0 unspecified atom stereocenters. The fraction of sp³-hybridized carbons (Fsp3) is 0.138. The molecule has 0 aliphatic heterocycles. The van der Waals surface area contributed by atoms with Crippen LogP contribution >= 0.6 is 0 Å². The maximum absolute atomic E-state index is 13.2. The van der Waals surface area contributed by atoms with Crippen molar-refractivity contribution in [3.8, 4) is 0 Å². The van der Waals surface area contributed by atoms with Gasteiger partial charge in [-0.15, -0.1) is 0 Å². The van der Waals surface area contributed by atoms with Crippen molar-refractivity contribution >= 4 is 5.91 Å². The molecule has 1 atom stereocenters. The van der Waals surface area contributed by atoms with Gasteiger partial charge in [0.1, 0.15) is 6.04 Å². The van der Waals surface area contributed by atoms with Crippen LogP contribution in [-0.2, 0) is 16.9 Å². The lowest BCUT2D eigenvalue weighted by atomic mass is 9.76. The largest absolute Gasteiger partial charge is 0.394 e. The van der Waals surface area contributed by atoms with E-state index in [1.165, 1.54) is 0 Å². The molecule has 0 spiro atoms. The van der Waals surface area contributed by atoms with Crippen molar-refractivity contribution in [2.24, 2.45) is 0 Å². The zero-order valence-electron chi connectivity index (χ0n) is 18.4. The molecule has 166 valence electrons. The van der Waals surface area contributed by atoms with E-state index in [1.807, 2.05) is 121 Å². The lowest BCUT2D eigenvalue weighted by molar-refractivity contribution is -0.124. The Kier molecular flexibility index (Phi) is 7.30. The van der Waals surface area contributed by atoms with Crippen LogP contribution in [0, 0.1) is 0 Å². The Morgan fingerprint density at radius 3 is 1.45 bits per heavy atom. The number of hydrogen-bond acceptors (Lipinski definition) is 3. The highest BCUT2D eigenvalue weighted by molar-refractivity contribution is 5.82. The lowest BCUT2D eigenvalue weighted by Gasteiger charge is -2.39. The SMILES string of the molecule is O=C(NCc1ccccc1)[C@@H](CO)NC(c1ccccc1)(c1ccccc1)c1ccccc1. The number of rotatable bonds is 9. The number of carbonyl (C=O) groups excluding carboxylic acids is 1. The van der Waals surface area contributed by atoms with Crippen molar-refractivity contribution in [3.63, 3.8) is 0 Å². The monoisotopic (exact) mass is 436 g/mol. The minimum Gasteiger partial charge on any atom is -0.394 e. The third-order valence-electron chi connectivity index (χ3n) is 5.82. The van der Waals surface area contributed by atoms with E-state index in [1.54, 1.807) is 0 Å². The van der Waals surface area contributed by atoms with Gasteiger partial charge in [0.2, 0.25) is 5.91 Å². The fourth-order valence-electron chi connectivity index (χ4n) is 4.18. The number of benzene rings is 4. The van der Waals surface area contributed by atoms with Crippen molar-refractivity contribution in [1.29, 1.82) is 0 Å². The molecule has 4 heteroatoms. The Morgan fingerprint density at radius 2 is 1.06 bits per heavy atom. The molecule has 0 bridgehead atoms. The number of aliphatic hydroxyl groups is 1. The first kappa shape index (κ1) is 22.5. The molecular formula is C29H28N2O2. The molecule has 0 radical (unpaired) electrons.